The van der Waals surface area contributed by atoms with Crippen LogP contribution in [-0.2, 0) is 13.0 Å². The second kappa shape index (κ2) is 4.48. The first-order valence-electron chi connectivity index (χ1n) is 7.14. The molecule has 0 bridgehead atoms. The van der Waals surface area contributed by atoms with Crippen LogP contribution in [0, 0.1) is 5.92 Å². The number of rotatable bonds is 1. The van der Waals surface area contributed by atoms with Crippen molar-refractivity contribution in [3.8, 4) is 0 Å². The number of nitrogens with zero attached hydrogens (tertiary/aromatic N) is 3. The molecule has 0 radical (unpaired) electrons. The predicted octanol–water partition coefficient (Wildman–Crippen LogP) is 2.32. The third-order valence-electron chi connectivity index (χ3n) is 4.30. The lowest BCUT2D eigenvalue weighted by molar-refractivity contribution is 0.0816. The van der Waals surface area contributed by atoms with Gasteiger partial charge in [0.05, 0.1) is 5.52 Å². The van der Waals surface area contributed by atoms with E-state index in [-0.39, 0.29) is 11.8 Å². The van der Waals surface area contributed by atoms with Crippen LogP contribution in [-0.4, -0.2) is 20.0 Å². The zero-order valence-corrected chi connectivity index (χ0v) is 11.6. The zero-order chi connectivity index (χ0) is 14.4. The number of anilines is 1. The van der Waals surface area contributed by atoms with E-state index in [1.165, 1.54) is 0 Å². The van der Waals surface area contributed by atoms with Gasteiger partial charge in [-0.25, -0.2) is 4.98 Å². The molecule has 2 N–H and O–H groups in total. The lowest BCUT2D eigenvalue weighted by Gasteiger charge is -2.22. The van der Waals surface area contributed by atoms with E-state index in [1.54, 1.807) is 10.8 Å². The van der Waals surface area contributed by atoms with E-state index in [1.807, 2.05) is 36.7 Å². The summed E-state index contributed by atoms with van der Waals surface area (Å²) in [5, 5.41) is 0.933. The quantitative estimate of drug-likeness (QED) is 0.696. The Morgan fingerprint density at radius 1 is 1.29 bits per heavy atom. The molecule has 1 atom stereocenters. The molecule has 0 saturated carbocycles. The number of nitrogen functional groups attached to an aromatic ring is 1. The highest BCUT2D eigenvalue weighted by molar-refractivity contribution is 5.98. The molecular formula is C16H16N4O. The Hall–Kier alpha value is -2.56. The van der Waals surface area contributed by atoms with E-state index in [9.17, 15) is 4.79 Å². The van der Waals surface area contributed by atoms with E-state index >= 15 is 0 Å². The lowest BCUT2D eigenvalue weighted by atomic mass is 9.97. The summed E-state index contributed by atoms with van der Waals surface area (Å²) in [6.45, 7) is 0.854. The van der Waals surface area contributed by atoms with E-state index < -0.39 is 0 Å². The van der Waals surface area contributed by atoms with Crippen molar-refractivity contribution < 1.29 is 4.79 Å². The normalized spacial score (nSPS) is 17.8. The molecule has 0 amide bonds. The van der Waals surface area contributed by atoms with Crippen LogP contribution in [0.15, 0.2) is 42.9 Å². The molecular weight excluding hydrogens is 264 g/mol. The average Bonchev–Trinajstić information content (AvgIpc) is 3.13. The molecule has 3 aromatic rings. The summed E-state index contributed by atoms with van der Waals surface area (Å²) in [4.78, 5) is 17.1. The molecule has 0 fully saturated rings. The molecule has 1 aliphatic rings. The van der Waals surface area contributed by atoms with E-state index in [0.29, 0.717) is 12.1 Å². The minimum atomic E-state index is -0.0167. The van der Waals surface area contributed by atoms with Gasteiger partial charge < -0.3 is 10.3 Å². The Kier molecular flexibility index (Phi) is 2.60. The molecule has 5 nitrogen and oxygen atoms in total. The Bertz CT molecular complexity index is 830. The first kappa shape index (κ1) is 12.2. The van der Waals surface area contributed by atoms with Gasteiger partial charge in [-0.05, 0) is 24.6 Å². The van der Waals surface area contributed by atoms with Gasteiger partial charge in [-0.3, -0.25) is 9.36 Å². The predicted molar refractivity (Wildman–Crippen MR) is 81.0 cm³/mol. The summed E-state index contributed by atoms with van der Waals surface area (Å²) in [7, 11) is 0. The molecule has 0 aliphatic carbocycles. The van der Waals surface area contributed by atoms with Crippen molar-refractivity contribution in [2.75, 3.05) is 5.73 Å². The van der Waals surface area contributed by atoms with Gasteiger partial charge in [-0.2, -0.15) is 0 Å². The second-order valence-corrected chi connectivity index (χ2v) is 5.53. The molecule has 1 aliphatic heterocycles. The number of benzene rings is 1. The van der Waals surface area contributed by atoms with Crippen molar-refractivity contribution in [3.05, 3.63) is 48.7 Å². The highest BCUT2D eigenvalue weighted by Crippen LogP contribution is 2.26. The van der Waals surface area contributed by atoms with Crippen LogP contribution in [0.5, 0.6) is 0 Å². The monoisotopic (exact) mass is 280 g/mol. The number of carbonyl (C=O) groups is 1. The van der Waals surface area contributed by atoms with Gasteiger partial charge in [0.15, 0.2) is 0 Å². The second-order valence-electron chi connectivity index (χ2n) is 5.53. The van der Waals surface area contributed by atoms with Crippen LogP contribution in [0.2, 0.25) is 0 Å². The van der Waals surface area contributed by atoms with Crippen LogP contribution < -0.4 is 5.73 Å². The summed E-state index contributed by atoms with van der Waals surface area (Å²) in [5.74, 6) is 1.11. The Morgan fingerprint density at radius 3 is 3.10 bits per heavy atom. The first-order valence-corrected chi connectivity index (χ1v) is 7.14. The zero-order valence-electron chi connectivity index (χ0n) is 11.6. The Labute approximate surface area is 122 Å². The molecule has 3 heterocycles. The number of carbonyl (C=O) groups excluding carboxylic acids is 1. The number of hydrogen-bond donors (Lipinski definition) is 1. The van der Waals surface area contributed by atoms with E-state index in [0.717, 1.165) is 29.7 Å². The van der Waals surface area contributed by atoms with Gasteiger partial charge in [0.2, 0.25) is 5.91 Å². The van der Waals surface area contributed by atoms with Crippen molar-refractivity contribution in [3.63, 3.8) is 0 Å². The van der Waals surface area contributed by atoms with Crippen LogP contribution in [0.4, 0.5) is 5.69 Å². The number of fused-ring (bicyclic) bond motifs is 2. The maximum atomic E-state index is 12.8. The first-order chi connectivity index (χ1) is 10.2. The summed E-state index contributed by atoms with van der Waals surface area (Å²) < 4.78 is 3.85. The molecule has 1 aromatic carbocycles. The lowest BCUT2D eigenvalue weighted by Crippen LogP contribution is -2.29. The van der Waals surface area contributed by atoms with Crippen LogP contribution in [0.1, 0.15) is 17.0 Å². The molecule has 2 aromatic heterocycles. The van der Waals surface area contributed by atoms with Crippen molar-refractivity contribution in [2.24, 2.45) is 5.92 Å². The Morgan fingerprint density at radius 2 is 2.19 bits per heavy atom. The van der Waals surface area contributed by atoms with Gasteiger partial charge in [-0.15, -0.1) is 0 Å². The molecule has 0 saturated heterocycles. The number of imidazole rings is 1. The third-order valence-corrected chi connectivity index (χ3v) is 4.30. The number of nitrogens with two attached hydrogens (primary N) is 1. The minimum Gasteiger partial charge on any atom is -0.398 e. The highest BCUT2D eigenvalue weighted by Gasteiger charge is 2.27. The maximum Gasteiger partial charge on any atom is 0.234 e. The molecule has 106 valence electrons. The smallest absolute Gasteiger partial charge is 0.234 e. The molecule has 5 heteroatoms. The fourth-order valence-electron chi connectivity index (χ4n) is 3.14. The number of aromatic nitrogens is 3. The summed E-state index contributed by atoms with van der Waals surface area (Å²) in [5.41, 5.74) is 7.55. The largest absolute Gasteiger partial charge is 0.398 e. The highest BCUT2D eigenvalue weighted by atomic mass is 16.2. The molecule has 0 spiro atoms. The molecule has 4 rings (SSSR count). The van der Waals surface area contributed by atoms with Gasteiger partial charge in [0.1, 0.15) is 5.82 Å². The van der Waals surface area contributed by atoms with Gasteiger partial charge in [0.25, 0.3) is 0 Å². The van der Waals surface area contributed by atoms with E-state index in [4.69, 9.17) is 5.73 Å². The fourth-order valence-corrected chi connectivity index (χ4v) is 3.14. The molecule has 1 unspecified atom stereocenters. The average molecular weight is 280 g/mol. The van der Waals surface area contributed by atoms with E-state index in [2.05, 4.69) is 9.55 Å². The third kappa shape index (κ3) is 1.85. The SMILES string of the molecule is Nc1cccc2c1ccn2C(=O)C1CCn2ccnc2C1. The molecule has 21 heavy (non-hydrogen) atoms. The Balaban J connectivity index is 1.70. The van der Waals surface area contributed by atoms with Gasteiger partial charge in [-0.1, -0.05) is 6.07 Å². The van der Waals surface area contributed by atoms with Crippen molar-refractivity contribution in [2.45, 2.75) is 19.4 Å². The van der Waals surface area contributed by atoms with Crippen molar-refractivity contribution >= 4 is 22.5 Å². The fraction of sp³-hybridized carbons (Fsp3) is 0.250. The van der Waals surface area contributed by atoms with Crippen LogP contribution in [0.25, 0.3) is 10.9 Å². The van der Waals surface area contributed by atoms with Crippen molar-refractivity contribution in [1.29, 1.82) is 0 Å². The number of aryl methyl sites for hydroxylation is 1. The summed E-state index contributed by atoms with van der Waals surface area (Å²) in [6, 6.07) is 7.59. The van der Waals surface area contributed by atoms with Gasteiger partial charge in [0, 0.05) is 48.5 Å². The standard InChI is InChI=1S/C16H16N4O/c17-13-2-1-3-14-12(13)5-8-20(14)16(21)11-4-7-19-9-6-18-15(19)10-11/h1-3,5-6,8-9,11H,4,7,10,17H2. The van der Waals surface area contributed by atoms with Crippen LogP contribution >= 0.6 is 0 Å². The van der Waals surface area contributed by atoms with Crippen LogP contribution in [0.3, 0.4) is 0 Å². The van der Waals surface area contributed by atoms with Crippen molar-refractivity contribution in [1.82, 2.24) is 14.1 Å². The topological polar surface area (TPSA) is 65.8 Å². The minimum absolute atomic E-state index is 0.0167. The number of hydrogen-bond acceptors (Lipinski definition) is 3. The summed E-state index contributed by atoms with van der Waals surface area (Å²) in [6.07, 6.45) is 7.15. The van der Waals surface area contributed by atoms with Gasteiger partial charge >= 0.3 is 0 Å². The summed E-state index contributed by atoms with van der Waals surface area (Å²) >= 11 is 0. The maximum absolute atomic E-state index is 12.8.